The van der Waals surface area contributed by atoms with E-state index in [1.54, 1.807) is 0 Å². The van der Waals surface area contributed by atoms with E-state index in [0.29, 0.717) is 6.42 Å². The van der Waals surface area contributed by atoms with Crippen molar-refractivity contribution < 1.29 is 9.59 Å². The standard InChI is InChI=1S/C19H26N2O2/c1-14-11-15(2)13-16(12-14)5-6-17(22)21-10-4-8-19(21)7-3-9-20-18(19)23/h11-13H,3-10H2,1-2H3,(H,20,23). The van der Waals surface area contributed by atoms with Crippen LogP contribution in [-0.2, 0) is 16.0 Å². The van der Waals surface area contributed by atoms with Crippen LogP contribution in [0.15, 0.2) is 18.2 Å². The Kier molecular flexibility index (Phi) is 4.42. The number of amides is 2. The van der Waals surface area contributed by atoms with Crippen LogP contribution in [-0.4, -0.2) is 35.3 Å². The van der Waals surface area contributed by atoms with Crippen molar-refractivity contribution in [2.75, 3.05) is 13.1 Å². The van der Waals surface area contributed by atoms with Crippen molar-refractivity contribution in [2.24, 2.45) is 0 Å². The van der Waals surface area contributed by atoms with Crippen LogP contribution in [0.1, 0.15) is 48.8 Å². The third kappa shape index (κ3) is 3.12. The fourth-order valence-corrected chi connectivity index (χ4v) is 4.20. The Bertz CT molecular complexity index is 606. The summed E-state index contributed by atoms with van der Waals surface area (Å²) in [5.74, 6) is 0.180. The molecular weight excluding hydrogens is 288 g/mol. The van der Waals surface area contributed by atoms with Gasteiger partial charge in [0, 0.05) is 19.5 Å². The van der Waals surface area contributed by atoms with Gasteiger partial charge in [0.25, 0.3) is 0 Å². The summed E-state index contributed by atoms with van der Waals surface area (Å²) in [6.07, 6.45) is 4.75. The number of likely N-dealkylation sites (tertiary alicyclic amines) is 1. The van der Waals surface area contributed by atoms with Gasteiger partial charge in [-0.1, -0.05) is 29.3 Å². The number of piperidine rings is 1. The van der Waals surface area contributed by atoms with Crippen LogP contribution >= 0.6 is 0 Å². The lowest BCUT2D eigenvalue weighted by molar-refractivity contribution is -0.147. The average Bonchev–Trinajstić information content (AvgIpc) is 2.92. The molecule has 1 N–H and O–H groups in total. The van der Waals surface area contributed by atoms with Crippen LogP contribution in [0.5, 0.6) is 0 Å². The molecule has 2 aliphatic heterocycles. The van der Waals surface area contributed by atoms with Gasteiger partial charge in [0.2, 0.25) is 11.8 Å². The lowest BCUT2D eigenvalue weighted by atomic mass is 9.86. The smallest absolute Gasteiger partial charge is 0.245 e. The van der Waals surface area contributed by atoms with Crippen molar-refractivity contribution in [2.45, 2.75) is 57.9 Å². The SMILES string of the molecule is Cc1cc(C)cc(CCC(=O)N2CCCC23CCCNC3=O)c1. The van der Waals surface area contributed by atoms with E-state index >= 15 is 0 Å². The van der Waals surface area contributed by atoms with E-state index < -0.39 is 5.54 Å². The van der Waals surface area contributed by atoms with Gasteiger partial charge in [-0.15, -0.1) is 0 Å². The Labute approximate surface area is 138 Å². The summed E-state index contributed by atoms with van der Waals surface area (Å²) in [6.45, 7) is 5.63. The summed E-state index contributed by atoms with van der Waals surface area (Å²) in [4.78, 5) is 27.0. The first kappa shape index (κ1) is 16.0. The lowest BCUT2D eigenvalue weighted by Crippen LogP contribution is -2.60. The van der Waals surface area contributed by atoms with Crippen molar-refractivity contribution >= 4 is 11.8 Å². The molecule has 1 aromatic rings. The molecule has 2 aliphatic rings. The van der Waals surface area contributed by atoms with Crippen molar-refractivity contribution in [3.05, 3.63) is 34.9 Å². The number of nitrogens with one attached hydrogen (secondary N) is 1. The molecule has 1 atom stereocenters. The molecule has 0 aromatic heterocycles. The molecule has 1 spiro atoms. The van der Waals surface area contributed by atoms with Gasteiger partial charge in [0.1, 0.15) is 5.54 Å². The highest BCUT2D eigenvalue weighted by atomic mass is 16.2. The quantitative estimate of drug-likeness (QED) is 0.932. The van der Waals surface area contributed by atoms with Gasteiger partial charge >= 0.3 is 0 Å². The Balaban J connectivity index is 1.69. The molecule has 2 amide bonds. The number of nitrogens with zero attached hydrogens (tertiary/aromatic N) is 1. The molecule has 0 aliphatic carbocycles. The molecule has 2 fully saturated rings. The van der Waals surface area contributed by atoms with E-state index in [4.69, 9.17) is 0 Å². The van der Waals surface area contributed by atoms with Gasteiger partial charge in [-0.25, -0.2) is 0 Å². The maximum Gasteiger partial charge on any atom is 0.245 e. The second-order valence-corrected chi connectivity index (χ2v) is 7.04. The normalized spacial score (nSPS) is 24.1. The van der Waals surface area contributed by atoms with Gasteiger partial charge in [0.15, 0.2) is 0 Å². The topological polar surface area (TPSA) is 49.4 Å². The highest BCUT2D eigenvalue weighted by molar-refractivity contribution is 5.92. The lowest BCUT2D eigenvalue weighted by Gasteiger charge is -2.40. The molecular formula is C19H26N2O2. The number of aryl methyl sites for hydroxylation is 3. The first-order chi connectivity index (χ1) is 11.0. The maximum absolute atomic E-state index is 12.8. The van der Waals surface area contributed by atoms with E-state index in [9.17, 15) is 9.59 Å². The summed E-state index contributed by atoms with van der Waals surface area (Å²) in [7, 11) is 0. The van der Waals surface area contributed by atoms with Crippen molar-refractivity contribution in [3.8, 4) is 0 Å². The monoisotopic (exact) mass is 314 g/mol. The summed E-state index contributed by atoms with van der Waals surface area (Å²) in [6, 6.07) is 6.44. The second kappa shape index (κ2) is 6.34. The minimum absolute atomic E-state index is 0.0565. The molecule has 1 unspecified atom stereocenters. The summed E-state index contributed by atoms with van der Waals surface area (Å²) in [5, 5.41) is 2.96. The molecule has 3 rings (SSSR count). The number of carbonyl (C=O) groups excluding carboxylic acids is 2. The molecule has 2 heterocycles. The van der Waals surface area contributed by atoms with Crippen LogP contribution in [0, 0.1) is 13.8 Å². The fraction of sp³-hybridized carbons (Fsp3) is 0.579. The molecule has 1 aromatic carbocycles. The zero-order valence-electron chi connectivity index (χ0n) is 14.2. The van der Waals surface area contributed by atoms with E-state index in [1.165, 1.54) is 16.7 Å². The van der Waals surface area contributed by atoms with Gasteiger partial charge in [-0.05, 0) is 51.5 Å². The van der Waals surface area contributed by atoms with Crippen LogP contribution in [0.2, 0.25) is 0 Å². The van der Waals surface area contributed by atoms with E-state index in [2.05, 4.69) is 37.4 Å². The fourth-order valence-electron chi connectivity index (χ4n) is 4.20. The zero-order valence-corrected chi connectivity index (χ0v) is 14.2. The Hall–Kier alpha value is -1.84. The predicted octanol–water partition coefficient (Wildman–Crippen LogP) is 2.51. The Morgan fingerprint density at radius 1 is 1.17 bits per heavy atom. The minimum Gasteiger partial charge on any atom is -0.354 e. The molecule has 0 bridgehead atoms. The minimum atomic E-state index is -0.558. The van der Waals surface area contributed by atoms with Crippen molar-refractivity contribution in [1.29, 1.82) is 0 Å². The molecule has 124 valence electrons. The van der Waals surface area contributed by atoms with Crippen molar-refractivity contribution in [1.82, 2.24) is 10.2 Å². The summed E-state index contributed by atoms with van der Waals surface area (Å²) < 4.78 is 0. The highest BCUT2D eigenvalue weighted by Crippen LogP contribution is 2.36. The summed E-state index contributed by atoms with van der Waals surface area (Å²) in [5.41, 5.74) is 3.11. The summed E-state index contributed by atoms with van der Waals surface area (Å²) >= 11 is 0. The number of hydrogen-bond donors (Lipinski definition) is 1. The highest BCUT2D eigenvalue weighted by Gasteiger charge is 2.50. The average molecular weight is 314 g/mol. The molecule has 0 saturated carbocycles. The largest absolute Gasteiger partial charge is 0.354 e. The van der Waals surface area contributed by atoms with E-state index in [1.807, 2.05) is 4.90 Å². The van der Waals surface area contributed by atoms with Gasteiger partial charge < -0.3 is 10.2 Å². The van der Waals surface area contributed by atoms with Crippen LogP contribution in [0.25, 0.3) is 0 Å². The van der Waals surface area contributed by atoms with Crippen LogP contribution < -0.4 is 5.32 Å². The first-order valence-corrected chi connectivity index (χ1v) is 8.67. The van der Waals surface area contributed by atoms with Gasteiger partial charge in [0.05, 0.1) is 0 Å². The maximum atomic E-state index is 12.8. The number of benzene rings is 1. The molecule has 4 nitrogen and oxygen atoms in total. The van der Waals surface area contributed by atoms with E-state index in [-0.39, 0.29) is 11.8 Å². The molecule has 4 heteroatoms. The predicted molar refractivity (Wildman–Crippen MR) is 90.2 cm³/mol. The number of carbonyl (C=O) groups is 2. The number of rotatable bonds is 3. The molecule has 23 heavy (non-hydrogen) atoms. The number of hydrogen-bond acceptors (Lipinski definition) is 2. The third-order valence-electron chi connectivity index (χ3n) is 5.17. The van der Waals surface area contributed by atoms with Crippen LogP contribution in [0.3, 0.4) is 0 Å². The molecule has 0 radical (unpaired) electrons. The second-order valence-electron chi connectivity index (χ2n) is 7.04. The Morgan fingerprint density at radius 3 is 2.57 bits per heavy atom. The van der Waals surface area contributed by atoms with Crippen LogP contribution in [0.4, 0.5) is 0 Å². The zero-order chi connectivity index (χ0) is 16.4. The van der Waals surface area contributed by atoms with Gasteiger partial charge in [-0.2, -0.15) is 0 Å². The Morgan fingerprint density at radius 2 is 1.87 bits per heavy atom. The van der Waals surface area contributed by atoms with E-state index in [0.717, 1.165) is 45.2 Å². The molecule has 2 saturated heterocycles. The van der Waals surface area contributed by atoms with Gasteiger partial charge in [-0.3, -0.25) is 9.59 Å². The first-order valence-electron chi connectivity index (χ1n) is 8.67. The van der Waals surface area contributed by atoms with Crippen molar-refractivity contribution in [3.63, 3.8) is 0 Å². The third-order valence-corrected chi connectivity index (χ3v) is 5.17.